The average molecular weight is 377 g/mol. The fourth-order valence-electron chi connectivity index (χ4n) is 3.70. The quantitative estimate of drug-likeness (QED) is 0.743. The molecule has 4 rings (SSSR count). The van der Waals surface area contributed by atoms with Crippen molar-refractivity contribution in [3.63, 3.8) is 0 Å². The van der Waals surface area contributed by atoms with E-state index in [1.54, 1.807) is 0 Å². The van der Waals surface area contributed by atoms with Gasteiger partial charge in [-0.15, -0.1) is 0 Å². The second-order valence-corrected chi connectivity index (χ2v) is 7.56. The highest BCUT2D eigenvalue weighted by molar-refractivity contribution is 5.91. The van der Waals surface area contributed by atoms with Crippen LogP contribution < -0.4 is 5.32 Å². The third kappa shape index (κ3) is 4.24. The van der Waals surface area contributed by atoms with E-state index in [-0.39, 0.29) is 12.5 Å². The Kier molecular flexibility index (Phi) is 5.41. The van der Waals surface area contributed by atoms with E-state index in [1.807, 2.05) is 47.9 Å². The van der Waals surface area contributed by atoms with Gasteiger partial charge in [0.2, 0.25) is 5.91 Å². The number of carbonyl (C=O) groups excluding carboxylic acids is 1. The van der Waals surface area contributed by atoms with Gasteiger partial charge in [0, 0.05) is 38.4 Å². The Morgan fingerprint density at radius 3 is 2.50 bits per heavy atom. The van der Waals surface area contributed by atoms with Gasteiger partial charge in [0.25, 0.3) is 0 Å². The number of piperazine rings is 1. The van der Waals surface area contributed by atoms with Gasteiger partial charge in [-0.1, -0.05) is 24.3 Å². The molecule has 1 amide bonds. The van der Waals surface area contributed by atoms with Gasteiger partial charge in [0.05, 0.1) is 11.0 Å². The molecule has 6 heteroatoms. The lowest BCUT2D eigenvalue weighted by Gasteiger charge is -2.32. The number of carbonyl (C=O) groups is 1. The van der Waals surface area contributed by atoms with Crippen molar-refractivity contribution in [3.05, 3.63) is 59.9 Å². The van der Waals surface area contributed by atoms with Gasteiger partial charge < -0.3 is 14.8 Å². The highest BCUT2D eigenvalue weighted by Gasteiger charge is 2.14. The zero-order valence-electron chi connectivity index (χ0n) is 16.6. The number of anilines is 1. The van der Waals surface area contributed by atoms with Crippen LogP contribution in [0.25, 0.3) is 11.0 Å². The minimum Gasteiger partial charge on any atom is -0.325 e. The number of amides is 1. The van der Waals surface area contributed by atoms with Crippen LogP contribution in [0.2, 0.25) is 0 Å². The number of hydrogen-bond acceptors (Lipinski definition) is 4. The summed E-state index contributed by atoms with van der Waals surface area (Å²) in [4.78, 5) is 21.9. The maximum absolute atomic E-state index is 12.5. The molecular weight excluding hydrogens is 350 g/mol. The average Bonchev–Trinajstić information content (AvgIpc) is 3.00. The van der Waals surface area contributed by atoms with Gasteiger partial charge in [-0.2, -0.15) is 0 Å². The first-order chi connectivity index (χ1) is 13.6. The van der Waals surface area contributed by atoms with Gasteiger partial charge >= 0.3 is 0 Å². The van der Waals surface area contributed by atoms with Crippen molar-refractivity contribution in [1.82, 2.24) is 19.4 Å². The molecule has 146 valence electrons. The molecule has 1 aromatic heterocycles. The van der Waals surface area contributed by atoms with E-state index < -0.39 is 0 Å². The highest BCUT2D eigenvalue weighted by atomic mass is 16.1. The number of imidazole rings is 1. The fourth-order valence-corrected chi connectivity index (χ4v) is 3.70. The Morgan fingerprint density at radius 2 is 1.75 bits per heavy atom. The summed E-state index contributed by atoms with van der Waals surface area (Å²) in [5.41, 5.74) is 4.01. The van der Waals surface area contributed by atoms with E-state index >= 15 is 0 Å². The molecule has 1 fully saturated rings. The second kappa shape index (κ2) is 8.12. The molecule has 0 radical (unpaired) electrons. The summed E-state index contributed by atoms with van der Waals surface area (Å²) in [5.74, 6) is 0.803. The summed E-state index contributed by atoms with van der Waals surface area (Å²) in [6.45, 7) is 7.60. The topological polar surface area (TPSA) is 53.4 Å². The molecule has 2 heterocycles. The first-order valence-corrected chi connectivity index (χ1v) is 9.80. The van der Waals surface area contributed by atoms with E-state index in [1.165, 1.54) is 5.56 Å². The first kappa shape index (κ1) is 18.7. The summed E-state index contributed by atoms with van der Waals surface area (Å²) in [6.07, 6.45) is 0. The molecule has 2 aromatic carbocycles. The van der Waals surface area contributed by atoms with Crippen molar-refractivity contribution >= 4 is 22.6 Å². The fraction of sp³-hybridized carbons (Fsp3) is 0.364. The number of aromatic nitrogens is 2. The summed E-state index contributed by atoms with van der Waals surface area (Å²) in [7, 11) is 2.17. The van der Waals surface area contributed by atoms with Crippen LogP contribution in [-0.4, -0.2) is 58.5 Å². The van der Waals surface area contributed by atoms with E-state index in [0.29, 0.717) is 0 Å². The number of hydrogen-bond donors (Lipinski definition) is 1. The van der Waals surface area contributed by atoms with E-state index in [9.17, 15) is 4.79 Å². The molecule has 1 N–H and O–H groups in total. The number of nitrogens with one attached hydrogen (secondary N) is 1. The molecule has 1 saturated heterocycles. The van der Waals surface area contributed by atoms with Gasteiger partial charge in [-0.05, 0) is 43.8 Å². The molecule has 3 aromatic rings. The van der Waals surface area contributed by atoms with Crippen LogP contribution in [0.1, 0.15) is 11.4 Å². The van der Waals surface area contributed by atoms with Crippen molar-refractivity contribution in [2.24, 2.45) is 0 Å². The second-order valence-electron chi connectivity index (χ2n) is 7.56. The summed E-state index contributed by atoms with van der Waals surface area (Å²) >= 11 is 0. The largest absolute Gasteiger partial charge is 0.325 e. The van der Waals surface area contributed by atoms with Crippen LogP contribution in [0, 0.1) is 6.92 Å². The number of likely N-dealkylation sites (N-methyl/N-ethyl adjacent to an activating group) is 1. The smallest absolute Gasteiger partial charge is 0.244 e. The van der Waals surface area contributed by atoms with Crippen LogP contribution in [-0.2, 0) is 17.9 Å². The van der Waals surface area contributed by atoms with Crippen molar-refractivity contribution in [2.45, 2.75) is 20.0 Å². The van der Waals surface area contributed by atoms with Crippen molar-refractivity contribution in [2.75, 3.05) is 38.5 Å². The van der Waals surface area contributed by atoms with Crippen LogP contribution in [0.5, 0.6) is 0 Å². The predicted octanol–water partition coefficient (Wildman–Crippen LogP) is 2.73. The van der Waals surface area contributed by atoms with Gasteiger partial charge in [-0.3, -0.25) is 9.69 Å². The minimum absolute atomic E-state index is 0.0435. The molecule has 6 nitrogen and oxygen atoms in total. The maximum Gasteiger partial charge on any atom is 0.244 e. The molecule has 0 atom stereocenters. The first-order valence-electron chi connectivity index (χ1n) is 9.80. The number of para-hydroxylation sites is 2. The third-order valence-electron chi connectivity index (χ3n) is 5.39. The van der Waals surface area contributed by atoms with E-state index in [2.05, 4.69) is 39.3 Å². The number of benzene rings is 2. The number of fused-ring (bicyclic) bond motifs is 1. The van der Waals surface area contributed by atoms with Gasteiger partial charge in [0.1, 0.15) is 12.4 Å². The SMILES string of the molecule is Cc1nc2ccccc2n1CC(=O)Nc1ccc(CN2CCN(C)CC2)cc1. The highest BCUT2D eigenvalue weighted by Crippen LogP contribution is 2.16. The summed E-state index contributed by atoms with van der Waals surface area (Å²) in [6, 6.07) is 16.1. The van der Waals surface area contributed by atoms with E-state index in [4.69, 9.17) is 0 Å². The lowest BCUT2D eigenvalue weighted by molar-refractivity contribution is -0.116. The summed E-state index contributed by atoms with van der Waals surface area (Å²) in [5, 5.41) is 3.00. The lowest BCUT2D eigenvalue weighted by Crippen LogP contribution is -2.43. The molecule has 0 saturated carbocycles. The van der Waals surface area contributed by atoms with Gasteiger partial charge in [0.15, 0.2) is 0 Å². The van der Waals surface area contributed by atoms with Crippen molar-refractivity contribution < 1.29 is 4.79 Å². The molecule has 0 aliphatic carbocycles. The van der Waals surface area contributed by atoms with Crippen LogP contribution in [0.4, 0.5) is 5.69 Å². The Morgan fingerprint density at radius 1 is 1.04 bits per heavy atom. The molecule has 0 bridgehead atoms. The molecule has 0 unspecified atom stereocenters. The normalized spacial score (nSPS) is 15.8. The van der Waals surface area contributed by atoms with Crippen LogP contribution in [0.3, 0.4) is 0 Å². The van der Waals surface area contributed by atoms with Crippen LogP contribution >= 0.6 is 0 Å². The van der Waals surface area contributed by atoms with Crippen molar-refractivity contribution in [1.29, 1.82) is 0 Å². The third-order valence-corrected chi connectivity index (χ3v) is 5.39. The molecular formula is C22H27N5O. The minimum atomic E-state index is -0.0435. The molecule has 0 spiro atoms. The number of rotatable bonds is 5. The Bertz CT molecular complexity index is 955. The number of aryl methyl sites for hydroxylation is 1. The molecule has 1 aliphatic rings. The van der Waals surface area contributed by atoms with E-state index in [0.717, 1.165) is 55.3 Å². The standard InChI is InChI=1S/C22H27N5O/c1-17-23-20-5-3-4-6-21(20)27(17)16-22(28)24-19-9-7-18(8-10-19)15-26-13-11-25(2)12-14-26/h3-10H,11-16H2,1-2H3,(H,24,28). The Balaban J connectivity index is 1.36. The van der Waals surface area contributed by atoms with Crippen LogP contribution in [0.15, 0.2) is 48.5 Å². The predicted molar refractivity (Wildman–Crippen MR) is 112 cm³/mol. The maximum atomic E-state index is 12.5. The lowest BCUT2D eigenvalue weighted by atomic mass is 10.2. The Hall–Kier alpha value is -2.70. The molecule has 1 aliphatic heterocycles. The summed E-state index contributed by atoms with van der Waals surface area (Å²) < 4.78 is 1.95. The monoisotopic (exact) mass is 377 g/mol. The Labute approximate surface area is 165 Å². The zero-order chi connectivity index (χ0) is 19.5. The van der Waals surface area contributed by atoms with Crippen molar-refractivity contribution in [3.8, 4) is 0 Å². The molecule has 28 heavy (non-hydrogen) atoms. The number of nitrogens with zero attached hydrogens (tertiary/aromatic N) is 4. The zero-order valence-corrected chi connectivity index (χ0v) is 16.6. The van der Waals surface area contributed by atoms with Gasteiger partial charge in [-0.25, -0.2) is 4.98 Å².